The third-order valence-corrected chi connectivity index (χ3v) is 17.7. The molecule has 0 aliphatic carbocycles. The van der Waals surface area contributed by atoms with Crippen molar-refractivity contribution in [1.29, 1.82) is 0 Å². The Morgan fingerprint density at radius 1 is 0.337 bits per heavy atom. The summed E-state index contributed by atoms with van der Waals surface area (Å²) in [7, 11) is 0. The number of unbranched alkanes of at least 4 members (excludes halogenated alkanes) is 56. The van der Waals surface area contributed by atoms with Gasteiger partial charge < -0.3 is 20.3 Å². The summed E-state index contributed by atoms with van der Waals surface area (Å²) < 4.78 is 5.49. The number of esters is 1. The van der Waals surface area contributed by atoms with Crippen molar-refractivity contribution >= 4 is 11.9 Å². The second kappa shape index (κ2) is 72.6. The molecule has 0 fully saturated rings. The SMILES string of the molecule is CCCCCCCCCCCCCCCCCCCC/C=C/C(O)C(CO)NC(=O)CCCCCCCCCCCCCCCCCCC/C=C\C/C=C\CCCCCCCCCCCOC(=O)CCCCCCCCCCCCCCC. The molecule has 490 valence electrons. The highest BCUT2D eigenvalue weighted by Gasteiger charge is 2.18. The second-order valence-corrected chi connectivity index (χ2v) is 26.0. The van der Waals surface area contributed by atoms with Crippen LogP contribution in [-0.4, -0.2) is 47.4 Å². The van der Waals surface area contributed by atoms with Crippen LogP contribution in [-0.2, 0) is 14.3 Å². The van der Waals surface area contributed by atoms with Gasteiger partial charge in [-0.2, -0.15) is 0 Å². The highest BCUT2D eigenvalue weighted by Crippen LogP contribution is 2.19. The number of hydrogen-bond donors (Lipinski definition) is 3. The van der Waals surface area contributed by atoms with Crippen LogP contribution in [0.1, 0.15) is 418 Å². The smallest absolute Gasteiger partial charge is 0.305 e. The van der Waals surface area contributed by atoms with Crippen molar-refractivity contribution in [3.63, 3.8) is 0 Å². The molecule has 0 heterocycles. The minimum atomic E-state index is -0.844. The highest BCUT2D eigenvalue weighted by atomic mass is 16.5. The fraction of sp³-hybridized carbons (Fsp3) is 0.896. The molecule has 0 aromatic heterocycles. The maximum Gasteiger partial charge on any atom is 0.305 e. The summed E-state index contributed by atoms with van der Waals surface area (Å²) in [4.78, 5) is 24.6. The topological polar surface area (TPSA) is 95.9 Å². The first-order valence-corrected chi connectivity index (χ1v) is 37.8. The van der Waals surface area contributed by atoms with E-state index >= 15 is 0 Å². The number of carbonyl (C=O) groups excluding carboxylic acids is 2. The monoisotopic (exact) mass is 1170 g/mol. The van der Waals surface area contributed by atoms with E-state index < -0.39 is 12.1 Å². The summed E-state index contributed by atoms with van der Waals surface area (Å²) in [6.45, 7) is 4.94. The first-order valence-electron chi connectivity index (χ1n) is 37.8. The third kappa shape index (κ3) is 69.1. The quantitative estimate of drug-likeness (QED) is 0.0320. The zero-order valence-corrected chi connectivity index (χ0v) is 56.2. The summed E-state index contributed by atoms with van der Waals surface area (Å²) in [5.74, 6) is -0.0461. The number of ether oxygens (including phenoxy) is 1. The van der Waals surface area contributed by atoms with E-state index in [9.17, 15) is 19.8 Å². The molecule has 0 saturated carbocycles. The zero-order valence-electron chi connectivity index (χ0n) is 56.2. The van der Waals surface area contributed by atoms with Gasteiger partial charge in [0.1, 0.15) is 0 Å². The van der Waals surface area contributed by atoms with E-state index in [0.717, 1.165) is 44.9 Å². The zero-order chi connectivity index (χ0) is 59.9. The lowest BCUT2D eigenvalue weighted by atomic mass is 10.0. The van der Waals surface area contributed by atoms with Crippen LogP contribution in [0.3, 0.4) is 0 Å². The molecule has 0 bridgehead atoms. The minimum Gasteiger partial charge on any atom is -0.466 e. The molecule has 6 nitrogen and oxygen atoms in total. The average Bonchev–Trinajstić information content (AvgIpc) is 3.49. The van der Waals surface area contributed by atoms with Gasteiger partial charge in [0.25, 0.3) is 0 Å². The van der Waals surface area contributed by atoms with E-state index in [0.29, 0.717) is 19.4 Å². The standard InChI is InChI=1S/C77H147NO5/c1-3-5-7-9-11-13-15-17-18-19-20-36-39-42-46-49-53-57-61-65-69-75(80)74(73-79)78-76(81)70-66-62-58-54-50-47-43-40-37-34-32-30-28-26-24-22-21-23-25-27-29-31-33-35-38-41-44-48-52-56-60-64-68-72-83-77(82)71-67-63-59-55-51-45-16-14-12-10-8-6-4-2/h25,27,31,33,65,69,74-75,79-80H,3-24,26,28-30,32,34-64,66-68,70-73H2,1-2H3,(H,78,81)/b27-25-,33-31-,69-65+. The van der Waals surface area contributed by atoms with Crippen molar-refractivity contribution < 1.29 is 24.5 Å². The van der Waals surface area contributed by atoms with Crippen LogP contribution in [0.15, 0.2) is 36.5 Å². The number of allylic oxidation sites excluding steroid dienone is 5. The Morgan fingerprint density at radius 2 is 0.602 bits per heavy atom. The summed E-state index contributed by atoms with van der Waals surface area (Å²) in [6, 6.07) is -0.627. The van der Waals surface area contributed by atoms with Crippen molar-refractivity contribution in [2.75, 3.05) is 13.2 Å². The summed E-state index contributed by atoms with van der Waals surface area (Å²) >= 11 is 0. The molecule has 1 amide bonds. The van der Waals surface area contributed by atoms with Gasteiger partial charge in [0.2, 0.25) is 5.91 Å². The second-order valence-electron chi connectivity index (χ2n) is 26.0. The number of aliphatic hydroxyl groups is 2. The first-order chi connectivity index (χ1) is 41.0. The number of hydrogen-bond acceptors (Lipinski definition) is 5. The van der Waals surface area contributed by atoms with Gasteiger partial charge in [-0.3, -0.25) is 9.59 Å². The molecule has 0 aromatic carbocycles. The lowest BCUT2D eigenvalue weighted by Gasteiger charge is -2.20. The van der Waals surface area contributed by atoms with Crippen molar-refractivity contribution in [3.05, 3.63) is 36.5 Å². The van der Waals surface area contributed by atoms with E-state index in [1.54, 1.807) is 6.08 Å². The molecule has 0 aliphatic heterocycles. The predicted octanol–water partition coefficient (Wildman–Crippen LogP) is 24.7. The van der Waals surface area contributed by atoms with E-state index in [2.05, 4.69) is 43.5 Å². The fourth-order valence-electron chi connectivity index (χ4n) is 11.9. The molecular formula is C77H147NO5. The Labute approximate surface area is 519 Å². The summed E-state index contributed by atoms with van der Waals surface area (Å²) in [5, 5.41) is 23.3. The van der Waals surface area contributed by atoms with Gasteiger partial charge in [-0.15, -0.1) is 0 Å². The van der Waals surface area contributed by atoms with Gasteiger partial charge in [-0.1, -0.05) is 378 Å². The highest BCUT2D eigenvalue weighted by molar-refractivity contribution is 5.76. The molecule has 83 heavy (non-hydrogen) atoms. The number of rotatable bonds is 71. The van der Waals surface area contributed by atoms with Gasteiger partial charge in [-0.25, -0.2) is 0 Å². The van der Waals surface area contributed by atoms with Crippen LogP contribution in [0.25, 0.3) is 0 Å². The molecule has 3 N–H and O–H groups in total. The van der Waals surface area contributed by atoms with Gasteiger partial charge in [0.15, 0.2) is 0 Å². The Kier molecular flexibility index (Phi) is 70.9. The molecule has 2 atom stereocenters. The lowest BCUT2D eigenvalue weighted by Crippen LogP contribution is -2.45. The Balaban J connectivity index is 3.40. The molecule has 0 aliphatic rings. The number of amides is 1. The minimum absolute atomic E-state index is 0.0160. The van der Waals surface area contributed by atoms with Crippen molar-refractivity contribution in [2.45, 2.75) is 431 Å². The Morgan fingerprint density at radius 3 is 0.916 bits per heavy atom. The van der Waals surface area contributed by atoms with Gasteiger partial charge in [0.05, 0.1) is 25.4 Å². The van der Waals surface area contributed by atoms with Crippen molar-refractivity contribution in [1.82, 2.24) is 5.32 Å². The largest absolute Gasteiger partial charge is 0.466 e. The molecule has 2 unspecified atom stereocenters. The molecule has 0 radical (unpaired) electrons. The van der Waals surface area contributed by atoms with Crippen LogP contribution in [0.2, 0.25) is 0 Å². The van der Waals surface area contributed by atoms with Crippen LogP contribution >= 0.6 is 0 Å². The van der Waals surface area contributed by atoms with E-state index in [1.807, 2.05) is 6.08 Å². The lowest BCUT2D eigenvalue weighted by molar-refractivity contribution is -0.143. The van der Waals surface area contributed by atoms with E-state index in [4.69, 9.17) is 4.74 Å². The summed E-state index contributed by atoms with van der Waals surface area (Å²) in [5.41, 5.74) is 0. The summed E-state index contributed by atoms with van der Waals surface area (Å²) in [6.07, 6.45) is 93.9. The van der Waals surface area contributed by atoms with Gasteiger partial charge >= 0.3 is 5.97 Å². The fourth-order valence-corrected chi connectivity index (χ4v) is 11.9. The van der Waals surface area contributed by atoms with Crippen LogP contribution in [0, 0.1) is 0 Å². The Hall–Kier alpha value is -1.92. The number of aliphatic hydroxyl groups excluding tert-OH is 2. The van der Waals surface area contributed by atoms with Crippen molar-refractivity contribution in [3.8, 4) is 0 Å². The van der Waals surface area contributed by atoms with Gasteiger partial charge in [-0.05, 0) is 64.2 Å². The molecule has 6 heteroatoms. The normalized spacial score (nSPS) is 12.7. The van der Waals surface area contributed by atoms with Gasteiger partial charge in [0, 0.05) is 12.8 Å². The molecule has 0 rings (SSSR count). The van der Waals surface area contributed by atoms with Crippen LogP contribution < -0.4 is 5.32 Å². The molecular weight excluding hydrogens is 1020 g/mol. The Bertz CT molecular complexity index is 1340. The maximum absolute atomic E-state index is 12.5. The van der Waals surface area contributed by atoms with E-state index in [-0.39, 0.29) is 18.5 Å². The number of nitrogens with one attached hydrogen (secondary N) is 1. The number of carbonyl (C=O) groups is 2. The molecule has 0 spiro atoms. The molecule has 0 saturated heterocycles. The molecule has 0 aromatic rings. The van der Waals surface area contributed by atoms with E-state index in [1.165, 1.54) is 347 Å². The van der Waals surface area contributed by atoms with Crippen molar-refractivity contribution in [2.24, 2.45) is 0 Å². The average molecular weight is 1170 g/mol. The maximum atomic E-state index is 12.5. The van der Waals surface area contributed by atoms with Crippen LogP contribution in [0.4, 0.5) is 0 Å². The van der Waals surface area contributed by atoms with Crippen LogP contribution in [0.5, 0.6) is 0 Å². The first kappa shape index (κ1) is 81.1. The third-order valence-electron chi connectivity index (χ3n) is 17.7. The predicted molar refractivity (Wildman–Crippen MR) is 366 cm³/mol.